The lowest BCUT2D eigenvalue weighted by Gasteiger charge is -2.18. The minimum atomic E-state index is -0.799. The highest BCUT2D eigenvalue weighted by molar-refractivity contribution is 5.71. The van der Waals surface area contributed by atoms with Crippen LogP contribution in [0.4, 0.5) is 0 Å². The molecule has 0 saturated carbocycles. The lowest BCUT2D eigenvalue weighted by atomic mass is 10.1. The van der Waals surface area contributed by atoms with Crippen LogP contribution in [0.25, 0.3) is 0 Å². The zero-order chi connectivity index (χ0) is 47.2. The Morgan fingerprint density at radius 3 is 1.02 bits per heavy atom. The monoisotopic (exact) mass is 905 g/mol. The van der Waals surface area contributed by atoms with Crippen molar-refractivity contribution in [2.75, 3.05) is 13.2 Å². The summed E-state index contributed by atoms with van der Waals surface area (Å²) in [5.41, 5.74) is 0. The fraction of sp³-hybridized carbons (Fsp3) is 0.712. The summed E-state index contributed by atoms with van der Waals surface area (Å²) in [7, 11) is 0. The predicted octanol–water partition coefficient (Wildman–Crippen LogP) is 18.0. The van der Waals surface area contributed by atoms with Crippen molar-refractivity contribution in [1.29, 1.82) is 0 Å². The third kappa shape index (κ3) is 51.4. The number of rotatable bonds is 48. The zero-order valence-electron chi connectivity index (χ0n) is 42.5. The number of carbonyl (C=O) groups is 3. The van der Waals surface area contributed by atoms with E-state index in [1.165, 1.54) is 116 Å². The molecule has 0 aromatic heterocycles. The first-order valence-electron chi connectivity index (χ1n) is 27.1. The van der Waals surface area contributed by atoms with Gasteiger partial charge in [-0.25, -0.2) is 0 Å². The Morgan fingerprint density at radius 2 is 0.600 bits per heavy atom. The highest BCUT2D eigenvalue weighted by atomic mass is 16.6. The molecule has 0 aromatic rings. The van der Waals surface area contributed by atoms with Crippen molar-refractivity contribution in [3.63, 3.8) is 0 Å². The maximum atomic E-state index is 12.8. The van der Waals surface area contributed by atoms with E-state index in [1.54, 1.807) is 0 Å². The molecular formula is C59H100O6. The van der Waals surface area contributed by atoms with Crippen LogP contribution in [0.15, 0.2) is 85.1 Å². The maximum Gasteiger partial charge on any atom is 0.306 e. The fourth-order valence-electron chi connectivity index (χ4n) is 7.28. The molecule has 0 aliphatic heterocycles. The summed E-state index contributed by atoms with van der Waals surface area (Å²) in [6.07, 6.45) is 68.5. The minimum absolute atomic E-state index is 0.0954. The Kier molecular flexibility index (Phi) is 50.4. The second-order valence-corrected chi connectivity index (χ2v) is 17.7. The van der Waals surface area contributed by atoms with Gasteiger partial charge in [-0.05, 0) is 116 Å². The number of esters is 3. The minimum Gasteiger partial charge on any atom is -0.462 e. The Hall–Kier alpha value is -3.41. The molecular weight excluding hydrogens is 805 g/mol. The van der Waals surface area contributed by atoms with E-state index in [1.807, 2.05) is 0 Å². The van der Waals surface area contributed by atoms with Gasteiger partial charge in [0.1, 0.15) is 13.2 Å². The van der Waals surface area contributed by atoms with Gasteiger partial charge < -0.3 is 14.2 Å². The first-order valence-corrected chi connectivity index (χ1v) is 27.1. The molecule has 0 N–H and O–H groups in total. The van der Waals surface area contributed by atoms with Crippen molar-refractivity contribution in [3.8, 4) is 0 Å². The molecule has 6 nitrogen and oxygen atoms in total. The zero-order valence-corrected chi connectivity index (χ0v) is 42.5. The van der Waals surface area contributed by atoms with Crippen molar-refractivity contribution < 1.29 is 28.6 Å². The molecule has 0 heterocycles. The van der Waals surface area contributed by atoms with Crippen molar-refractivity contribution in [1.82, 2.24) is 0 Å². The summed E-state index contributed by atoms with van der Waals surface area (Å²) in [5, 5.41) is 0. The van der Waals surface area contributed by atoms with E-state index in [-0.39, 0.29) is 31.1 Å². The van der Waals surface area contributed by atoms with E-state index in [4.69, 9.17) is 14.2 Å². The highest BCUT2D eigenvalue weighted by Gasteiger charge is 2.19. The van der Waals surface area contributed by atoms with Crippen molar-refractivity contribution >= 4 is 17.9 Å². The molecule has 65 heavy (non-hydrogen) atoms. The van der Waals surface area contributed by atoms with Crippen molar-refractivity contribution in [2.24, 2.45) is 0 Å². The second kappa shape index (κ2) is 53.2. The normalized spacial score (nSPS) is 12.7. The van der Waals surface area contributed by atoms with Gasteiger partial charge >= 0.3 is 17.9 Å². The summed E-state index contributed by atoms with van der Waals surface area (Å²) >= 11 is 0. The average Bonchev–Trinajstić information content (AvgIpc) is 3.30. The SMILES string of the molecule is CC/C=C\C/C=C\C/C=C\C/C=C\CCCCC(=O)OC[C@H](COC(=O)CCCCCCCCC/C=C\CCCCCC)OC(=O)CCCCCCCCC/C=C\C/C=C\CCCCC. The smallest absolute Gasteiger partial charge is 0.306 e. The van der Waals surface area contributed by atoms with Crippen LogP contribution in [0.1, 0.15) is 252 Å². The Balaban J connectivity index is 4.47. The topological polar surface area (TPSA) is 78.9 Å². The van der Waals surface area contributed by atoms with E-state index in [9.17, 15) is 14.4 Å². The fourth-order valence-corrected chi connectivity index (χ4v) is 7.28. The molecule has 0 aromatic carbocycles. The molecule has 6 heteroatoms. The van der Waals surface area contributed by atoms with Crippen LogP contribution in [0, 0.1) is 0 Å². The summed E-state index contributed by atoms with van der Waals surface area (Å²) in [4.78, 5) is 38.1. The van der Waals surface area contributed by atoms with Crippen LogP contribution in [0.3, 0.4) is 0 Å². The van der Waals surface area contributed by atoms with Gasteiger partial charge in [0.05, 0.1) is 0 Å². The molecule has 0 fully saturated rings. The quantitative estimate of drug-likeness (QED) is 0.0262. The average molecular weight is 905 g/mol. The van der Waals surface area contributed by atoms with Gasteiger partial charge in [-0.15, -0.1) is 0 Å². The predicted molar refractivity (Wildman–Crippen MR) is 279 cm³/mol. The standard InChI is InChI=1S/C59H100O6/c1-4-7-10-13-16-19-22-25-28-29-32-35-38-41-44-47-50-53-59(62)65-56(54-63-57(60)51-48-45-42-39-36-33-30-26-23-20-17-14-11-8-5-2)55-64-58(61)52-49-46-43-40-37-34-31-27-24-21-18-15-12-9-6-3/h8,11,16-17,19-21,24-26,28,30,36,39,56H,4-7,9-10,12-15,18,22-23,27,29,31-35,37-38,40-55H2,1-3H3/b11-8-,19-16-,20-17-,24-21-,28-25-,30-26-,39-36-/t56-/m1/s1. The Labute approximate surface area is 401 Å². The molecule has 1 atom stereocenters. The maximum absolute atomic E-state index is 12.8. The molecule has 372 valence electrons. The van der Waals surface area contributed by atoms with E-state index in [0.29, 0.717) is 19.3 Å². The number of unbranched alkanes of at least 4 members (excludes halogenated alkanes) is 23. The number of hydrogen-bond acceptors (Lipinski definition) is 6. The van der Waals surface area contributed by atoms with Gasteiger partial charge in [-0.3, -0.25) is 14.4 Å². The molecule has 0 unspecified atom stereocenters. The molecule has 0 amide bonds. The molecule has 0 spiro atoms. The molecule has 0 saturated heterocycles. The Bertz CT molecular complexity index is 1270. The molecule has 0 rings (SSSR count). The van der Waals surface area contributed by atoms with Gasteiger partial charge in [0, 0.05) is 19.3 Å². The highest BCUT2D eigenvalue weighted by Crippen LogP contribution is 2.14. The lowest BCUT2D eigenvalue weighted by molar-refractivity contribution is -0.167. The van der Waals surface area contributed by atoms with Gasteiger partial charge in [0.25, 0.3) is 0 Å². The molecule has 0 radical (unpaired) electrons. The number of ether oxygens (including phenoxy) is 3. The number of hydrogen-bond donors (Lipinski definition) is 0. The van der Waals surface area contributed by atoms with Gasteiger partial charge in [0.2, 0.25) is 0 Å². The molecule has 0 aliphatic rings. The van der Waals surface area contributed by atoms with E-state index < -0.39 is 6.10 Å². The molecule has 0 bridgehead atoms. The van der Waals surface area contributed by atoms with E-state index in [0.717, 1.165) is 96.3 Å². The third-order valence-corrected chi connectivity index (χ3v) is 11.4. The van der Waals surface area contributed by atoms with Crippen molar-refractivity contribution in [2.45, 2.75) is 258 Å². The summed E-state index contributed by atoms with van der Waals surface area (Å²) in [5.74, 6) is -0.949. The van der Waals surface area contributed by atoms with Gasteiger partial charge in [0.15, 0.2) is 6.10 Å². The number of carbonyl (C=O) groups excluding carboxylic acids is 3. The lowest BCUT2D eigenvalue weighted by Crippen LogP contribution is -2.30. The Morgan fingerprint density at radius 1 is 0.323 bits per heavy atom. The van der Waals surface area contributed by atoms with Crippen LogP contribution in [0.2, 0.25) is 0 Å². The van der Waals surface area contributed by atoms with Crippen LogP contribution in [-0.4, -0.2) is 37.2 Å². The van der Waals surface area contributed by atoms with Gasteiger partial charge in [-0.1, -0.05) is 202 Å². The summed E-state index contributed by atoms with van der Waals surface area (Å²) < 4.78 is 16.8. The van der Waals surface area contributed by atoms with E-state index >= 15 is 0 Å². The third-order valence-electron chi connectivity index (χ3n) is 11.4. The molecule has 0 aliphatic carbocycles. The van der Waals surface area contributed by atoms with Crippen molar-refractivity contribution in [3.05, 3.63) is 85.1 Å². The first kappa shape index (κ1) is 61.6. The van der Waals surface area contributed by atoms with Crippen LogP contribution in [0.5, 0.6) is 0 Å². The summed E-state index contributed by atoms with van der Waals surface area (Å²) in [6, 6.07) is 0. The summed E-state index contributed by atoms with van der Waals surface area (Å²) in [6.45, 7) is 6.44. The number of allylic oxidation sites excluding steroid dienone is 14. The largest absolute Gasteiger partial charge is 0.462 e. The van der Waals surface area contributed by atoms with Crippen LogP contribution < -0.4 is 0 Å². The van der Waals surface area contributed by atoms with Crippen LogP contribution in [-0.2, 0) is 28.6 Å². The first-order chi connectivity index (χ1) is 32.0. The second-order valence-electron chi connectivity index (χ2n) is 17.7. The van der Waals surface area contributed by atoms with Crippen LogP contribution >= 0.6 is 0 Å². The van der Waals surface area contributed by atoms with E-state index in [2.05, 4.69) is 106 Å². The van der Waals surface area contributed by atoms with Gasteiger partial charge in [-0.2, -0.15) is 0 Å².